The number of carbonyl (C=O) groups excluding carboxylic acids is 1. The van der Waals surface area contributed by atoms with Crippen molar-refractivity contribution in [3.05, 3.63) is 30.1 Å². The van der Waals surface area contributed by atoms with Crippen LogP contribution in [0.5, 0.6) is 0 Å². The average Bonchev–Trinajstić information content (AvgIpc) is 2.85. The van der Waals surface area contributed by atoms with Gasteiger partial charge in [0.05, 0.1) is 5.75 Å². The van der Waals surface area contributed by atoms with E-state index in [0.29, 0.717) is 32.4 Å². The molecule has 1 amide bonds. The van der Waals surface area contributed by atoms with Crippen LogP contribution in [0.2, 0.25) is 0 Å². The fraction of sp³-hybridized carbons (Fsp3) is 0.600. The van der Waals surface area contributed by atoms with Gasteiger partial charge in [-0.2, -0.15) is 0 Å². The quantitative estimate of drug-likeness (QED) is 0.895. The largest absolute Gasteiger partial charge is 0.350 e. The Morgan fingerprint density at radius 2 is 2.14 bits per heavy atom. The van der Waals surface area contributed by atoms with Gasteiger partial charge >= 0.3 is 0 Å². The first-order valence-corrected chi connectivity index (χ1v) is 9.26. The van der Waals surface area contributed by atoms with Crippen molar-refractivity contribution < 1.29 is 13.2 Å². The van der Waals surface area contributed by atoms with Crippen LogP contribution in [0.15, 0.2) is 24.5 Å². The average molecular weight is 323 g/mol. The van der Waals surface area contributed by atoms with Crippen molar-refractivity contribution in [2.45, 2.75) is 37.6 Å². The van der Waals surface area contributed by atoms with Crippen LogP contribution in [0.1, 0.15) is 37.7 Å². The predicted molar refractivity (Wildman–Crippen MR) is 82.7 cm³/mol. The highest BCUT2D eigenvalue weighted by Crippen LogP contribution is 2.43. The van der Waals surface area contributed by atoms with E-state index in [2.05, 4.69) is 10.3 Å². The summed E-state index contributed by atoms with van der Waals surface area (Å²) in [6, 6.07) is 3.87. The van der Waals surface area contributed by atoms with Crippen LogP contribution in [0.25, 0.3) is 0 Å². The lowest BCUT2D eigenvalue weighted by Crippen LogP contribution is -2.54. The van der Waals surface area contributed by atoms with E-state index >= 15 is 0 Å². The Hall–Kier alpha value is -1.47. The zero-order chi connectivity index (χ0) is 15.8. The summed E-state index contributed by atoms with van der Waals surface area (Å²) in [5, 5.41) is 3.12. The summed E-state index contributed by atoms with van der Waals surface area (Å²) < 4.78 is 25.5. The molecular formula is C15H21N3O3S. The minimum Gasteiger partial charge on any atom is -0.350 e. The third kappa shape index (κ3) is 2.63. The minimum atomic E-state index is -3.15. The topological polar surface area (TPSA) is 79.4 Å². The molecule has 0 radical (unpaired) electrons. The summed E-state index contributed by atoms with van der Waals surface area (Å²) in [5.74, 6) is 0.235. The molecule has 1 spiro atoms. The van der Waals surface area contributed by atoms with E-state index in [4.69, 9.17) is 0 Å². The summed E-state index contributed by atoms with van der Waals surface area (Å²) in [5.41, 5.74) is 0.715. The molecule has 0 saturated carbocycles. The number of nitrogens with zero attached hydrogens (tertiary/aromatic N) is 2. The number of carbonyl (C=O) groups is 1. The van der Waals surface area contributed by atoms with Gasteiger partial charge in [0.15, 0.2) is 0 Å². The SMILES string of the molecule is CCS(=O)(=O)N1CCC2(CC1)NC(=O)C[C@@H]2c1cccnc1. The summed E-state index contributed by atoms with van der Waals surface area (Å²) in [6.45, 7) is 2.59. The van der Waals surface area contributed by atoms with Crippen molar-refractivity contribution in [3.63, 3.8) is 0 Å². The number of aromatic nitrogens is 1. The van der Waals surface area contributed by atoms with E-state index in [0.717, 1.165) is 5.56 Å². The minimum absolute atomic E-state index is 0.0423. The molecule has 1 aromatic rings. The van der Waals surface area contributed by atoms with E-state index in [-0.39, 0.29) is 23.1 Å². The van der Waals surface area contributed by atoms with E-state index in [9.17, 15) is 13.2 Å². The van der Waals surface area contributed by atoms with Gasteiger partial charge in [-0.3, -0.25) is 9.78 Å². The first kappa shape index (κ1) is 15.4. The molecule has 1 atom stereocenters. The molecule has 120 valence electrons. The van der Waals surface area contributed by atoms with Crippen LogP contribution in [0.4, 0.5) is 0 Å². The first-order valence-electron chi connectivity index (χ1n) is 7.65. The van der Waals surface area contributed by atoms with Crippen LogP contribution in [-0.4, -0.2) is 48.0 Å². The van der Waals surface area contributed by atoms with Crippen molar-refractivity contribution in [3.8, 4) is 0 Å². The standard InChI is InChI=1S/C15H21N3O3S/c1-2-22(20,21)18-8-5-15(6-9-18)13(10-14(19)17-15)12-4-3-7-16-11-12/h3-4,7,11,13H,2,5-6,8-10H2,1H3,(H,17,19)/t13-/m1/s1. The van der Waals surface area contributed by atoms with E-state index in [1.807, 2.05) is 18.3 Å². The number of sulfonamides is 1. The maximum Gasteiger partial charge on any atom is 0.221 e. The second-order valence-electron chi connectivity index (χ2n) is 6.05. The third-order valence-electron chi connectivity index (χ3n) is 4.90. The molecule has 2 aliphatic heterocycles. The Morgan fingerprint density at radius 1 is 1.41 bits per heavy atom. The normalized spacial score (nSPS) is 25.3. The smallest absolute Gasteiger partial charge is 0.221 e. The molecule has 0 unspecified atom stereocenters. The number of hydrogen-bond donors (Lipinski definition) is 1. The molecule has 3 rings (SSSR count). The lowest BCUT2D eigenvalue weighted by atomic mass is 9.75. The number of piperidine rings is 1. The van der Waals surface area contributed by atoms with Gasteiger partial charge in [0, 0.05) is 43.4 Å². The van der Waals surface area contributed by atoms with Gasteiger partial charge in [-0.25, -0.2) is 12.7 Å². The number of pyridine rings is 1. The van der Waals surface area contributed by atoms with Crippen molar-refractivity contribution >= 4 is 15.9 Å². The highest BCUT2D eigenvalue weighted by molar-refractivity contribution is 7.89. The van der Waals surface area contributed by atoms with Gasteiger partial charge < -0.3 is 5.32 Å². The van der Waals surface area contributed by atoms with Gasteiger partial charge in [-0.05, 0) is 31.4 Å². The summed E-state index contributed by atoms with van der Waals surface area (Å²) in [4.78, 5) is 16.1. The molecule has 1 aromatic heterocycles. The van der Waals surface area contributed by atoms with Crippen molar-refractivity contribution in [2.75, 3.05) is 18.8 Å². The lowest BCUT2D eigenvalue weighted by Gasteiger charge is -2.42. The highest BCUT2D eigenvalue weighted by Gasteiger charge is 2.49. The molecule has 2 saturated heterocycles. The zero-order valence-electron chi connectivity index (χ0n) is 12.7. The van der Waals surface area contributed by atoms with Crippen LogP contribution >= 0.6 is 0 Å². The number of nitrogens with one attached hydrogen (secondary N) is 1. The van der Waals surface area contributed by atoms with Crippen LogP contribution in [-0.2, 0) is 14.8 Å². The molecule has 3 heterocycles. The third-order valence-corrected chi connectivity index (χ3v) is 6.79. The lowest BCUT2D eigenvalue weighted by molar-refractivity contribution is -0.120. The number of rotatable bonds is 3. The van der Waals surface area contributed by atoms with Crippen LogP contribution in [0, 0.1) is 0 Å². The van der Waals surface area contributed by atoms with Crippen LogP contribution < -0.4 is 5.32 Å². The molecular weight excluding hydrogens is 302 g/mol. The molecule has 2 fully saturated rings. The molecule has 0 aromatic carbocycles. The maximum atomic E-state index is 12.0. The maximum absolute atomic E-state index is 12.0. The summed E-state index contributed by atoms with van der Waals surface area (Å²) >= 11 is 0. The van der Waals surface area contributed by atoms with Crippen molar-refractivity contribution in [1.29, 1.82) is 0 Å². The van der Waals surface area contributed by atoms with Gasteiger partial charge in [-0.15, -0.1) is 0 Å². The fourth-order valence-corrected chi connectivity index (χ4v) is 4.74. The predicted octanol–water partition coefficient (Wildman–Crippen LogP) is 0.869. The second kappa shape index (κ2) is 5.62. The molecule has 1 N–H and O–H groups in total. The fourth-order valence-electron chi connectivity index (χ4n) is 3.63. The van der Waals surface area contributed by atoms with Gasteiger partial charge in [0.25, 0.3) is 0 Å². The number of amides is 1. The Balaban J connectivity index is 1.83. The monoisotopic (exact) mass is 323 g/mol. The van der Waals surface area contributed by atoms with E-state index in [1.54, 1.807) is 17.4 Å². The Kier molecular flexibility index (Phi) is 3.94. The Morgan fingerprint density at radius 3 is 2.73 bits per heavy atom. The highest BCUT2D eigenvalue weighted by atomic mass is 32.2. The second-order valence-corrected chi connectivity index (χ2v) is 8.30. The zero-order valence-corrected chi connectivity index (χ0v) is 13.5. The van der Waals surface area contributed by atoms with Gasteiger partial charge in [0.2, 0.25) is 15.9 Å². The molecule has 0 aliphatic carbocycles. The van der Waals surface area contributed by atoms with Crippen molar-refractivity contribution in [2.24, 2.45) is 0 Å². The van der Waals surface area contributed by atoms with Crippen molar-refractivity contribution in [1.82, 2.24) is 14.6 Å². The van der Waals surface area contributed by atoms with Gasteiger partial charge in [0.1, 0.15) is 0 Å². The molecule has 0 bridgehead atoms. The molecule has 2 aliphatic rings. The molecule has 22 heavy (non-hydrogen) atoms. The number of hydrogen-bond acceptors (Lipinski definition) is 4. The molecule has 6 nitrogen and oxygen atoms in total. The summed E-state index contributed by atoms with van der Waals surface area (Å²) in [7, 11) is -3.15. The van der Waals surface area contributed by atoms with Crippen LogP contribution in [0.3, 0.4) is 0 Å². The summed E-state index contributed by atoms with van der Waals surface area (Å²) in [6.07, 6.45) is 5.28. The molecule has 7 heteroatoms. The van der Waals surface area contributed by atoms with E-state index in [1.165, 1.54) is 0 Å². The first-order chi connectivity index (χ1) is 10.5. The Bertz CT molecular complexity index is 652. The van der Waals surface area contributed by atoms with Gasteiger partial charge in [-0.1, -0.05) is 6.07 Å². The van der Waals surface area contributed by atoms with E-state index < -0.39 is 10.0 Å². The Labute approximate surface area is 131 Å².